The molecule has 0 aromatic heterocycles. The Morgan fingerprint density at radius 3 is 2.42 bits per heavy atom. The molecule has 0 saturated heterocycles. The van der Waals surface area contributed by atoms with Gasteiger partial charge in [-0.15, -0.1) is 0 Å². The van der Waals surface area contributed by atoms with E-state index in [-0.39, 0.29) is 0 Å². The average molecular weight is 334 g/mol. The molecule has 0 bridgehead atoms. The number of amides is 3. The maximum absolute atomic E-state index is 12.6. The van der Waals surface area contributed by atoms with E-state index in [0.29, 0.717) is 18.0 Å². The molecule has 24 heavy (non-hydrogen) atoms. The fourth-order valence-electron chi connectivity index (χ4n) is 3.24. The fraction of sp³-hybridized carbons (Fsp3) is 0.529. The van der Waals surface area contributed by atoms with Crippen molar-refractivity contribution in [2.75, 3.05) is 4.90 Å². The largest absolute Gasteiger partial charge is 0.382 e. The first-order valence-electron chi connectivity index (χ1n) is 8.37. The highest BCUT2D eigenvalue weighted by Crippen LogP contribution is 2.28. The van der Waals surface area contributed by atoms with E-state index in [1.54, 1.807) is 30.3 Å². The quantitative estimate of drug-likeness (QED) is 0.367. The van der Waals surface area contributed by atoms with Gasteiger partial charge in [-0.3, -0.25) is 10.2 Å². The second-order valence-electron chi connectivity index (χ2n) is 6.31. The van der Waals surface area contributed by atoms with Gasteiger partial charge in [0.25, 0.3) is 5.91 Å². The van der Waals surface area contributed by atoms with Gasteiger partial charge in [0.15, 0.2) is 0 Å². The first-order valence-corrected chi connectivity index (χ1v) is 8.37. The van der Waals surface area contributed by atoms with Gasteiger partial charge in [0.2, 0.25) is 0 Å². The number of aliphatic hydroxyl groups excluding tert-OH is 1. The van der Waals surface area contributed by atoms with Crippen LogP contribution in [0.3, 0.4) is 0 Å². The van der Waals surface area contributed by atoms with E-state index >= 15 is 0 Å². The van der Waals surface area contributed by atoms with Gasteiger partial charge in [0, 0.05) is 6.04 Å². The Kier molecular flexibility index (Phi) is 6.72. The van der Waals surface area contributed by atoms with Crippen molar-refractivity contribution in [1.29, 1.82) is 0 Å². The number of nitrogens with zero attached hydrogens (tertiary/aromatic N) is 1. The number of urea groups is 1. The van der Waals surface area contributed by atoms with Crippen LogP contribution in [0.25, 0.3) is 0 Å². The molecule has 1 saturated carbocycles. The lowest BCUT2D eigenvalue weighted by atomic mass is 9.84. The summed E-state index contributed by atoms with van der Waals surface area (Å²) in [5, 5.41) is 10.4. The highest BCUT2D eigenvalue weighted by molar-refractivity contribution is 6.15. The second kappa shape index (κ2) is 8.77. The number of rotatable bonds is 5. The molecular weight excluding hydrogens is 308 g/mol. The van der Waals surface area contributed by atoms with Crippen LogP contribution in [0.15, 0.2) is 30.3 Å². The molecule has 7 nitrogen and oxygen atoms in total. The number of carbonyl (C=O) groups is 2. The Balaban J connectivity index is 2.08. The predicted molar refractivity (Wildman–Crippen MR) is 91.8 cm³/mol. The van der Waals surface area contributed by atoms with Gasteiger partial charge in [0.05, 0.1) is 5.69 Å². The molecular formula is C17H26N4O3. The Morgan fingerprint density at radius 1 is 1.21 bits per heavy atom. The highest BCUT2D eigenvalue weighted by Gasteiger charge is 2.33. The van der Waals surface area contributed by atoms with Crippen LogP contribution in [-0.4, -0.2) is 29.2 Å². The number of benzene rings is 1. The summed E-state index contributed by atoms with van der Waals surface area (Å²) in [5.74, 6) is 4.82. The van der Waals surface area contributed by atoms with Gasteiger partial charge in [0.1, 0.15) is 6.10 Å². The molecule has 1 aromatic rings. The van der Waals surface area contributed by atoms with Crippen molar-refractivity contribution in [3.63, 3.8) is 0 Å². The van der Waals surface area contributed by atoms with E-state index in [1.807, 2.05) is 5.43 Å². The number of imide groups is 1. The van der Waals surface area contributed by atoms with E-state index < -0.39 is 24.1 Å². The minimum absolute atomic E-state index is 0.328. The summed E-state index contributed by atoms with van der Waals surface area (Å²) in [6.45, 7) is 0. The number of hydrogen-bond acceptors (Lipinski definition) is 5. The number of nitrogens with two attached hydrogens (primary N) is 2. The highest BCUT2D eigenvalue weighted by atomic mass is 16.3. The zero-order chi connectivity index (χ0) is 17.5. The number of nitrogens with one attached hydrogen (secondary N) is 1. The van der Waals surface area contributed by atoms with E-state index in [4.69, 9.17) is 11.6 Å². The number of para-hydroxylation sites is 1. The van der Waals surface area contributed by atoms with Crippen molar-refractivity contribution in [2.45, 2.75) is 50.7 Å². The Morgan fingerprint density at radius 2 is 1.83 bits per heavy atom. The van der Waals surface area contributed by atoms with Gasteiger partial charge in [-0.05, 0) is 24.5 Å². The van der Waals surface area contributed by atoms with Crippen molar-refractivity contribution >= 4 is 17.6 Å². The van der Waals surface area contributed by atoms with Crippen LogP contribution >= 0.6 is 0 Å². The lowest BCUT2D eigenvalue weighted by molar-refractivity contribution is -0.127. The summed E-state index contributed by atoms with van der Waals surface area (Å²) in [7, 11) is 0. The van der Waals surface area contributed by atoms with Gasteiger partial charge in [-0.1, -0.05) is 50.3 Å². The molecule has 1 fully saturated rings. The molecule has 1 aliphatic carbocycles. The number of carbonyl (C=O) groups excluding carboxylic acids is 2. The molecule has 2 rings (SSSR count). The summed E-state index contributed by atoms with van der Waals surface area (Å²) in [6, 6.07) is 6.80. The Bertz CT molecular complexity index is 546. The molecule has 0 radical (unpaired) electrons. The lowest BCUT2D eigenvalue weighted by Gasteiger charge is -2.29. The van der Waals surface area contributed by atoms with Crippen LogP contribution in [0.2, 0.25) is 0 Å². The van der Waals surface area contributed by atoms with Crippen molar-refractivity contribution in [3.05, 3.63) is 30.3 Å². The minimum atomic E-state index is -1.45. The number of aliphatic hydroxyl groups is 1. The Labute approximate surface area is 142 Å². The van der Waals surface area contributed by atoms with Crippen molar-refractivity contribution in [1.82, 2.24) is 5.43 Å². The predicted octanol–water partition coefficient (Wildman–Crippen LogP) is 1.26. The first-order chi connectivity index (χ1) is 11.5. The lowest BCUT2D eigenvalue weighted by Crippen LogP contribution is -2.54. The maximum atomic E-state index is 12.6. The summed E-state index contributed by atoms with van der Waals surface area (Å²) in [4.78, 5) is 25.4. The van der Waals surface area contributed by atoms with Crippen LogP contribution in [0.5, 0.6) is 0 Å². The fourth-order valence-corrected chi connectivity index (χ4v) is 3.24. The molecule has 1 aliphatic rings. The number of anilines is 1. The maximum Gasteiger partial charge on any atom is 0.342 e. The van der Waals surface area contributed by atoms with Crippen LogP contribution in [-0.2, 0) is 4.79 Å². The molecule has 7 heteroatoms. The van der Waals surface area contributed by atoms with E-state index in [1.165, 1.54) is 6.42 Å². The normalized spacial score (nSPS) is 17.8. The molecule has 6 N–H and O–H groups in total. The van der Waals surface area contributed by atoms with Gasteiger partial charge in [-0.2, -0.15) is 0 Å². The SMILES string of the molecule is NNC(=O)N(C(=O)C(O)[C@H](N)CC1CCCCC1)c1ccccc1. The molecule has 2 atom stereocenters. The topological polar surface area (TPSA) is 122 Å². The molecule has 0 aliphatic heterocycles. The molecule has 3 amide bonds. The first kappa shape index (κ1) is 18.4. The third-order valence-corrected chi connectivity index (χ3v) is 4.55. The molecule has 0 heterocycles. The number of hydrazine groups is 1. The van der Waals surface area contributed by atoms with Crippen LogP contribution < -0.4 is 21.9 Å². The average Bonchev–Trinajstić information content (AvgIpc) is 2.62. The summed E-state index contributed by atoms with van der Waals surface area (Å²) < 4.78 is 0. The Hall–Kier alpha value is -1.96. The van der Waals surface area contributed by atoms with Gasteiger partial charge < -0.3 is 10.8 Å². The van der Waals surface area contributed by atoms with E-state index in [9.17, 15) is 14.7 Å². The van der Waals surface area contributed by atoms with Crippen molar-refractivity contribution in [3.8, 4) is 0 Å². The molecule has 1 aromatic carbocycles. The molecule has 1 unspecified atom stereocenters. The molecule has 132 valence electrons. The third-order valence-electron chi connectivity index (χ3n) is 4.55. The third kappa shape index (κ3) is 4.53. The molecule has 0 spiro atoms. The summed E-state index contributed by atoms with van der Waals surface area (Å²) in [6.07, 6.45) is 4.80. The smallest absolute Gasteiger partial charge is 0.342 e. The van der Waals surface area contributed by atoms with Crippen molar-refractivity contribution < 1.29 is 14.7 Å². The van der Waals surface area contributed by atoms with Crippen LogP contribution in [0.1, 0.15) is 38.5 Å². The van der Waals surface area contributed by atoms with Gasteiger partial charge in [-0.25, -0.2) is 15.5 Å². The zero-order valence-corrected chi connectivity index (χ0v) is 13.7. The van der Waals surface area contributed by atoms with Crippen LogP contribution in [0.4, 0.5) is 10.5 Å². The second-order valence-corrected chi connectivity index (χ2v) is 6.31. The minimum Gasteiger partial charge on any atom is -0.382 e. The van der Waals surface area contributed by atoms with Crippen LogP contribution in [0, 0.1) is 5.92 Å². The summed E-state index contributed by atoms with van der Waals surface area (Å²) in [5.41, 5.74) is 8.31. The number of hydrogen-bond donors (Lipinski definition) is 4. The van der Waals surface area contributed by atoms with E-state index in [2.05, 4.69) is 0 Å². The van der Waals surface area contributed by atoms with E-state index in [0.717, 1.165) is 30.6 Å². The monoisotopic (exact) mass is 334 g/mol. The zero-order valence-electron chi connectivity index (χ0n) is 13.7. The standard InChI is InChI=1S/C17H26N4O3/c18-14(11-12-7-3-1-4-8-12)15(22)16(23)21(17(24)20-19)13-9-5-2-6-10-13/h2,5-6,9-10,12,14-15,22H,1,3-4,7-8,11,18-19H2,(H,20,24)/t14-,15?/m1/s1. The van der Waals surface area contributed by atoms with Gasteiger partial charge >= 0.3 is 6.03 Å². The summed E-state index contributed by atoms with van der Waals surface area (Å²) >= 11 is 0. The van der Waals surface area contributed by atoms with Crippen molar-refractivity contribution in [2.24, 2.45) is 17.5 Å².